The fraction of sp³-hybridized carbons (Fsp3) is 0.611. The Bertz CT molecular complexity index is 525. The first-order chi connectivity index (χ1) is 10.9. The molecule has 0 aliphatic carbocycles. The molecule has 1 N–H and O–H groups in total. The van der Waals surface area contributed by atoms with Crippen LogP contribution in [0.4, 0.5) is 0 Å². The molecule has 0 radical (unpaired) electrons. The predicted molar refractivity (Wildman–Crippen MR) is 91.7 cm³/mol. The number of carbonyl (C=O) groups is 1. The van der Waals surface area contributed by atoms with Gasteiger partial charge in [-0.2, -0.15) is 0 Å². The molecule has 1 aromatic rings. The molecule has 1 heterocycles. The first-order valence-corrected chi connectivity index (χ1v) is 8.61. The lowest BCUT2D eigenvalue weighted by atomic mass is 9.82. The normalized spacial score (nSPS) is 16.6. The topological polar surface area (TPSA) is 49.8 Å². The zero-order valence-electron chi connectivity index (χ0n) is 13.9. The number of ether oxygens (including phenoxy) is 1. The maximum absolute atomic E-state index is 12.9. The number of aliphatic hydroxyl groups excluding tert-OH is 1. The predicted octanol–water partition coefficient (Wildman–Crippen LogP) is 3.01. The molecule has 1 amide bonds. The van der Waals surface area contributed by atoms with Crippen LogP contribution >= 0.6 is 11.6 Å². The van der Waals surface area contributed by atoms with Crippen LogP contribution in [0.1, 0.15) is 38.7 Å². The first kappa shape index (κ1) is 18.2. The molecule has 1 aliphatic heterocycles. The Kier molecular flexibility index (Phi) is 6.45. The number of likely N-dealkylation sites (tertiary alicyclic amines) is 1. The van der Waals surface area contributed by atoms with Gasteiger partial charge in [0.1, 0.15) is 0 Å². The van der Waals surface area contributed by atoms with Gasteiger partial charge in [-0.1, -0.05) is 23.7 Å². The molecule has 0 aromatic heterocycles. The zero-order chi connectivity index (χ0) is 16.9. The molecule has 23 heavy (non-hydrogen) atoms. The van der Waals surface area contributed by atoms with Crippen molar-refractivity contribution in [2.75, 3.05) is 26.3 Å². The fourth-order valence-corrected chi connectivity index (χ4v) is 3.13. The number of rotatable bonds is 6. The average molecular weight is 340 g/mol. The van der Waals surface area contributed by atoms with Crippen molar-refractivity contribution in [3.05, 3.63) is 34.9 Å². The van der Waals surface area contributed by atoms with E-state index in [1.54, 1.807) is 0 Å². The lowest BCUT2D eigenvalue weighted by Crippen LogP contribution is -2.48. The Morgan fingerprint density at radius 3 is 2.70 bits per heavy atom. The van der Waals surface area contributed by atoms with Gasteiger partial charge in [0, 0.05) is 31.3 Å². The van der Waals surface area contributed by atoms with Crippen molar-refractivity contribution >= 4 is 17.5 Å². The lowest BCUT2D eigenvalue weighted by Gasteiger charge is -2.37. The molecule has 5 heteroatoms. The molecule has 0 spiro atoms. The number of hydrogen-bond donors (Lipinski definition) is 1. The van der Waals surface area contributed by atoms with E-state index in [4.69, 9.17) is 21.4 Å². The summed E-state index contributed by atoms with van der Waals surface area (Å²) >= 11 is 6.06. The molecule has 1 fully saturated rings. The van der Waals surface area contributed by atoms with Crippen LogP contribution in [0, 0.1) is 0 Å². The third-order valence-corrected chi connectivity index (χ3v) is 4.70. The van der Waals surface area contributed by atoms with Crippen molar-refractivity contribution in [3.63, 3.8) is 0 Å². The highest BCUT2D eigenvalue weighted by atomic mass is 35.5. The number of nitrogens with zero attached hydrogens (tertiary/aromatic N) is 1. The van der Waals surface area contributed by atoms with Crippen LogP contribution in [-0.4, -0.2) is 48.3 Å². The SMILES string of the molecule is CC(C)(C(=O)N1CCC(OCCCO)CC1)c1cccc(Cl)c1. The highest BCUT2D eigenvalue weighted by Gasteiger charge is 2.35. The van der Waals surface area contributed by atoms with Gasteiger partial charge in [-0.3, -0.25) is 4.79 Å². The molecule has 1 aromatic carbocycles. The number of hydrogen-bond acceptors (Lipinski definition) is 3. The molecule has 0 unspecified atom stereocenters. The molecule has 128 valence electrons. The van der Waals surface area contributed by atoms with E-state index in [1.165, 1.54) is 0 Å². The lowest BCUT2D eigenvalue weighted by molar-refractivity contribution is -0.139. The minimum absolute atomic E-state index is 0.133. The summed E-state index contributed by atoms with van der Waals surface area (Å²) in [6, 6.07) is 7.52. The standard InChI is InChI=1S/C18H26ClNO3/c1-18(2,14-5-3-6-15(19)13-14)17(22)20-9-7-16(8-10-20)23-12-4-11-21/h3,5-6,13,16,21H,4,7-12H2,1-2H3. The van der Waals surface area contributed by atoms with Crippen LogP contribution in [0.3, 0.4) is 0 Å². The van der Waals surface area contributed by atoms with Gasteiger partial charge in [-0.25, -0.2) is 0 Å². The highest BCUT2D eigenvalue weighted by molar-refractivity contribution is 6.30. The maximum Gasteiger partial charge on any atom is 0.232 e. The third kappa shape index (κ3) is 4.69. The van der Waals surface area contributed by atoms with E-state index < -0.39 is 5.41 Å². The number of aliphatic hydroxyl groups is 1. The molecule has 4 nitrogen and oxygen atoms in total. The second-order valence-electron chi connectivity index (χ2n) is 6.57. The molecule has 0 saturated carbocycles. The molecule has 0 bridgehead atoms. The van der Waals surface area contributed by atoms with Crippen molar-refractivity contribution < 1.29 is 14.6 Å². The summed E-state index contributed by atoms with van der Waals surface area (Å²) in [4.78, 5) is 14.8. The fourth-order valence-electron chi connectivity index (χ4n) is 2.94. The summed E-state index contributed by atoms with van der Waals surface area (Å²) in [6.07, 6.45) is 2.56. The maximum atomic E-state index is 12.9. The average Bonchev–Trinajstić information content (AvgIpc) is 2.55. The van der Waals surface area contributed by atoms with E-state index in [1.807, 2.05) is 43.0 Å². The van der Waals surface area contributed by atoms with Crippen molar-refractivity contribution in [2.45, 2.75) is 44.6 Å². The van der Waals surface area contributed by atoms with Gasteiger partial charge in [0.15, 0.2) is 0 Å². The minimum atomic E-state index is -0.588. The van der Waals surface area contributed by atoms with Gasteiger partial charge < -0.3 is 14.7 Å². The summed E-state index contributed by atoms with van der Waals surface area (Å²) in [5.74, 6) is 0.133. The molecular weight excluding hydrogens is 314 g/mol. The summed E-state index contributed by atoms with van der Waals surface area (Å²) < 4.78 is 5.72. The van der Waals surface area contributed by atoms with Gasteiger partial charge in [0.2, 0.25) is 5.91 Å². The van der Waals surface area contributed by atoms with E-state index in [-0.39, 0.29) is 18.6 Å². The molecule has 1 saturated heterocycles. The van der Waals surface area contributed by atoms with Crippen molar-refractivity contribution in [1.29, 1.82) is 0 Å². The zero-order valence-corrected chi connectivity index (χ0v) is 14.7. The van der Waals surface area contributed by atoms with Crippen LogP contribution in [0.15, 0.2) is 24.3 Å². The van der Waals surface area contributed by atoms with Gasteiger partial charge in [0.05, 0.1) is 11.5 Å². The minimum Gasteiger partial charge on any atom is -0.396 e. The van der Waals surface area contributed by atoms with Crippen molar-refractivity contribution in [2.24, 2.45) is 0 Å². The van der Waals surface area contributed by atoms with E-state index in [0.29, 0.717) is 31.1 Å². The molecule has 2 rings (SSSR count). The Hall–Kier alpha value is -1.10. The number of amides is 1. The number of benzene rings is 1. The molecule has 1 aliphatic rings. The van der Waals surface area contributed by atoms with Crippen molar-refractivity contribution in [3.8, 4) is 0 Å². The summed E-state index contributed by atoms with van der Waals surface area (Å²) in [6.45, 7) is 6.07. The van der Waals surface area contributed by atoms with E-state index in [2.05, 4.69) is 0 Å². The summed E-state index contributed by atoms with van der Waals surface area (Å²) in [5, 5.41) is 9.44. The van der Waals surface area contributed by atoms with Crippen LogP contribution in [-0.2, 0) is 14.9 Å². The molecule has 0 atom stereocenters. The van der Waals surface area contributed by atoms with Crippen molar-refractivity contribution in [1.82, 2.24) is 4.90 Å². The van der Waals surface area contributed by atoms with E-state index in [0.717, 1.165) is 18.4 Å². The van der Waals surface area contributed by atoms with E-state index in [9.17, 15) is 4.79 Å². The Balaban J connectivity index is 1.93. The number of piperidine rings is 1. The highest BCUT2D eigenvalue weighted by Crippen LogP contribution is 2.29. The Morgan fingerprint density at radius 1 is 1.39 bits per heavy atom. The Morgan fingerprint density at radius 2 is 2.09 bits per heavy atom. The van der Waals surface area contributed by atoms with Crippen LogP contribution in [0.5, 0.6) is 0 Å². The van der Waals surface area contributed by atoms with Gasteiger partial charge in [0.25, 0.3) is 0 Å². The quantitative estimate of drug-likeness (QED) is 0.810. The van der Waals surface area contributed by atoms with Gasteiger partial charge in [-0.15, -0.1) is 0 Å². The van der Waals surface area contributed by atoms with E-state index >= 15 is 0 Å². The molecular formula is C18H26ClNO3. The smallest absolute Gasteiger partial charge is 0.232 e. The second-order valence-corrected chi connectivity index (χ2v) is 7.01. The second kappa shape index (κ2) is 8.13. The largest absolute Gasteiger partial charge is 0.396 e. The van der Waals surface area contributed by atoms with Crippen LogP contribution in [0.2, 0.25) is 5.02 Å². The third-order valence-electron chi connectivity index (χ3n) is 4.47. The van der Waals surface area contributed by atoms with Gasteiger partial charge >= 0.3 is 0 Å². The first-order valence-electron chi connectivity index (χ1n) is 8.23. The van der Waals surface area contributed by atoms with Crippen LogP contribution < -0.4 is 0 Å². The number of carbonyl (C=O) groups excluding carboxylic acids is 1. The summed E-state index contributed by atoms with van der Waals surface area (Å²) in [7, 11) is 0. The monoisotopic (exact) mass is 339 g/mol. The van der Waals surface area contributed by atoms with Crippen LogP contribution in [0.25, 0.3) is 0 Å². The Labute approximate surface area is 143 Å². The number of halogens is 1. The summed E-state index contributed by atoms with van der Waals surface area (Å²) in [5.41, 5.74) is 0.353. The van der Waals surface area contributed by atoms with Gasteiger partial charge in [-0.05, 0) is 50.8 Å².